The number of aromatic nitrogens is 2. The first-order chi connectivity index (χ1) is 12.1. The van der Waals surface area contributed by atoms with Crippen LogP contribution in [0, 0.1) is 0 Å². The lowest BCUT2D eigenvalue weighted by atomic mass is 10.1. The number of hydrogen-bond donors (Lipinski definition) is 0. The van der Waals surface area contributed by atoms with E-state index in [4.69, 9.17) is 16.3 Å². The van der Waals surface area contributed by atoms with Crippen molar-refractivity contribution < 1.29 is 9.53 Å². The van der Waals surface area contributed by atoms with Gasteiger partial charge in [-0.25, -0.2) is 0 Å². The predicted octanol–water partition coefficient (Wildman–Crippen LogP) is 5.58. The van der Waals surface area contributed by atoms with Crippen molar-refractivity contribution in [2.24, 2.45) is 0 Å². The molecule has 0 fully saturated rings. The fourth-order valence-corrected chi connectivity index (χ4v) is 2.37. The molecule has 0 saturated carbocycles. The summed E-state index contributed by atoms with van der Waals surface area (Å²) in [6, 6.07) is 17.7. The average molecular weight is 416 g/mol. The Kier molecular flexibility index (Phi) is 5.58. The standard InChI is InChI=1S/C19H12BrClN2O2/c20-15-6-1-13(2-7-15)3-10-17(24)14-4-8-16(9-5-14)25-19-12-11-18(21)22-23-19/h1-12H. The van der Waals surface area contributed by atoms with Crippen LogP contribution in [0.2, 0.25) is 5.15 Å². The number of benzene rings is 2. The molecule has 1 heterocycles. The van der Waals surface area contributed by atoms with Crippen LogP contribution < -0.4 is 4.74 Å². The Bertz CT molecular complexity index is 892. The fourth-order valence-electron chi connectivity index (χ4n) is 2.01. The molecule has 6 heteroatoms. The number of allylic oxidation sites excluding steroid dienone is 1. The lowest BCUT2D eigenvalue weighted by molar-refractivity contribution is 0.104. The van der Waals surface area contributed by atoms with E-state index in [9.17, 15) is 4.79 Å². The first-order valence-corrected chi connectivity index (χ1v) is 8.52. The highest BCUT2D eigenvalue weighted by atomic mass is 79.9. The molecule has 25 heavy (non-hydrogen) atoms. The van der Waals surface area contributed by atoms with E-state index in [-0.39, 0.29) is 5.78 Å². The molecule has 0 bridgehead atoms. The van der Waals surface area contributed by atoms with Crippen LogP contribution in [-0.2, 0) is 0 Å². The molecule has 4 nitrogen and oxygen atoms in total. The van der Waals surface area contributed by atoms with Crippen LogP contribution in [0.25, 0.3) is 6.08 Å². The van der Waals surface area contributed by atoms with Crippen molar-refractivity contribution in [3.8, 4) is 11.6 Å². The summed E-state index contributed by atoms with van der Waals surface area (Å²) in [6.45, 7) is 0. The van der Waals surface area contributed by atoms with Crippen LogP contribution in [0.1, 0.15) is 15.9 Å². The topological polar surface area (TPSA) is 52.1 Å². The minimum atomic E-state index is -0.0826. The molecule has 124 valence electrons. The van der Waals surface area contributed by atoms with Gasteiger partial charge in [0, 0.05) is 16.1 Å². The fraction of sp³-hybridized carbons (Fsp3) is 0. The number of rotatable bonds is 5. The van der Waals surface area contributed by atoms with Crippen LogP contribution in [0.4, 0.5) is 0 Å². The molecule has 0 aliphatic heterocycles. The molecule has 0 amide bonds. The molecule has 2 aromatic carbocycles. The summed E-state index contributed by atoms with van der Waals surface area (Å²) < 4.78 is 6.54. The molecule has 0 unspecified atom stereocenters. The zero-order chi connectivity index (χ0) is 17.6. The third kappa shape index (κ3) is 4.98. The van der Waals surface area contributed by atoms with Gasteiger partial charge in [-0.2, -0.15) is 0 Å². The molecule has 0 radical (unpaired) electrons. The Hall–Kier alpha value is -2.50. The zero-order valence-electron chi connectivity index (χ0n) is 12.9. The lowest BCUT2D eigenvalue weighted by Crippen LogP contribution is -1.95. The van der Waals surface area contributed by atoms with E-state index in [0.29, 0.717) is 22.3 Å². The summed E-state index contributed by atoms with van der Waals surface area (Å²) in [4.78, 5) is 12.2. The van der Waals surface area contributed by atoms with E-state index in [2.05, 4.69) is 26.1 Å². The van der Waals surface area contributed by atoms with Gasteiger partial charge in [0.15, 0.2) is 10.9 Å². The summed E-state index contributed by atoms with van der Waals surface area (Å²) in [6.07, 6.45) is 3.33. The lowest BCUT2D eigenvalue weighted by Gasteiger charge is -2.04. The smallest absolute Gasteiger partial charge is 0.238 e. The molecule has 0 aliphatic carbocycles. The van der Waals surface area contributed by atoms with Crippen LogP contribution >= 0.6 is 27.5 Å². The van der Waals surface area contributed by atoms with Gasteiger partial charge >= 0.3 is 0 Å². The molecule has 0 atom stereocenters. The van der Waals surface area contributed by atoms with Crippen LogP contribution in [-0.4, -0.2) is 16.0 Å². The van der Waals surface area contributed by atoms with Crippen LogP contribution in [0.15, 0.2) is 71.2 Å². The molecule has 0 saturated heterocycles. The molecular formula is C19H12BrClN2O2. The Morgan fingerprint density at radius 2 is 1.68 bits per heavy atom. The second-order valence-electron chi connectivity index (χ2n) is 5.07. The highest BCUT2D eigenvalue weighted by Gasteiger charge is 2.04. The molecule has 3 rings (SSSR count). The van der Waals surface area contributed by atoms with Gasteiger partial charge in [0.05, 0.1) is 0 Å². The Labute approximate surface area is 158 Å². The average Bonchev–Trinajstić information content (AvgIpc) is 2.63. The van der Waals surface area contributed by atoms with Crippen LogP contribution in [0.3, 0.4) is 0 Å². The summed E-state index contributed by atoms with van der Waals surface area (Å²) in [5.74, 6) is 0.810. The van der Waals surface area contributed by atoms with Gasteiger partial charge in [0.25, 0.3) is 0 Å². The minimum absolute atomic E-state index is 0.0826. The monoisotopic (exact) mass is 414 g/mol. The molecule has 0 spiro atoms. The minimum Gasteiger partial charge on any atom is -0.438 e. The van der Waals surface area contributed by atoms with Gasteiger partial charge in [-0.1, -0.05) is 45.7 Å². The molecule has 3 aromatic rings. The largest absolute Gasteiger partial charge is 0.438 e. The van der Waals surface area contributed by atoms with Crippen molar-refractivity contribution in [1.29, 1.82) is 0 Å². The first kappa shape index (κ1) is 17.3. The van der Waals surface area contributed by atoms with E-state index in [1.807, 2.05) is 24.3 Å². The Morgan fingerprint density at radius 1 is 0.960 bits per heavy atom. The van der Waals surface area contributed by atoms with Crippen molar-refractivity contribution >= 4 is 39.4 Å². The van der Waals surface area contributed by atoms with Gasteiger partial charge in [-0.3, -0.25) is 4.79 Å². The van der Waals surface area contributed by atoms with E-state index >= 15 is 0 Å². The van der Waals surface area contributed by atoms with E-state index in [1.54, 1.807) is 48.6 Å². The maximum absolute atomic E-state index is 12.2. The third-order valence-corrected chi connectivity index (χ3v) is 4.00. The maximum Gasteiger partial charge on any atom is 0.238 e. The number of ketones is 1. The molecule has 1 aromatic heterocycles. The Balaban J connectivity index is 1.65. The number of ether oxygens (including phenoxy) is 1. The summed E-state index contributed by atoms with van der Waals surface area (Å²) >= 11 is 9.05. The quantitative estimate of drug-likeness (QED) is 0.403. The Morgan fingerprint density at radius 3 is 2.32 bits per heavy atom. The summed E-state index contributed by atoms with van der Waals surface area (Å²) in [5.41, 5.74) is 1.53. The number of carbonyl (C=O) groups is 1. The van der Waals surface area contributed by atoms with E-state index in [0.717, 1.165) is 10.0 Å². The van der Waals surface area contributed by atoms with Gasteiger partial charge in [-0.15, -0.1) is 10.2 Å². The van der Waals surface area contributed by atoms with Crippen molar-refractivity contribution in [3.05, 3.63) is 87.5 Å². The molecular weight excluding hydrogens is 404 g/mol. The number of carbonyl (C=O) groups excluding carboxylic acids is 1. The zero-order valence-corrected chi connectivity index (χ0v) is 15.2. The number of nitrogens with zero attached hydrogens (tertiary/aromatic N) is 2. The third-order valence-electron chi connectivity index (χ3n) is 3.27. The number of hydrogen-bond acceptors (Lipinski definition) is 4. The van der Waals surface area contributed by atoms with Gasteiger partial charge in [0.2, 0.25) is 5.88 Å². The van der Waals surface area contributed by atoms with Gasteiger partial charge in [-0.05, 0) is 54.1 Å². The number of halogens is 2. The van der Waals surface area contributed by atoms with Gasteiger partial charge < -0.3 is 4.74 Å². The van der Waals surface area contributed by atoms with Gasteiger partial charge in [0.1, 0.15) is 5.75 Å². The van der Waals surface area contributed by atoms with Crippen molar-refractivity contribution in [1.82, 2.24) is 10.2 Å². The van der Waals surface area contributed by atoms with E-state index < -0.39 is 0 Å². The predicted molar refractivity (Wildman–Crippen MR) is 101 cm³/mol. The van der Waals surface area contributed by atoms with E-state index in [1.165, 1.54) is 0 Å². The normalized spacial score (nSPS) is 10.8. The molecule has 0 N–H and O–H groups in total. The second kappa shape index (κ2) is 8.05. The second-order valence-corrected chi connectivity index (χ2v) is 6.37. The summed E-state index contributed by atoms with van der Waals surface area (Å²) in [5, 5.41) is 7.82. The highest BCUT2D eigenvalue weighted by Crippen LogP contribution is 2.20. The first-order valence-electron chi connectivity index (χ1n) is 7.35. The summed E-state index contributed by atoms with van der Waals surface area (Å²) in [7, 11) is 0. The van der Waals surface area contributed by atoms with Crippen molar-refractivity contribution in [2.45, 2.75) is 0 Å². The van der Waals surface area contributed by atoms with Crippen molar-refractivity contribution in [2.75, 3.05) is 0 Å². The van der Waals surface area contributed by atoms with Crippen molar-refractivity contribution in [3.63, 3.8) is 0 Å². The SMILES string of the molecule is O=C(C=Cc1ccc(Br)cc1)c1ccc(Oc2ccc(Cl)nn2)cc1. The maximum atomic E-state index is 12.2. The highest BCUT2D eigenvalue weighted by molar-refractivity contribution is 9.10. The van der Waals surface area contributed by atoms with Crippen LogP contribution in [0.5, 0.6) is 11.6 Å². The molecule has 0 aliphatic rings.